The number of hydrogen-bond acceptors (Lipinski definition) is 5. The molecule has 24 heavy (non-hydrogen) atoms. The zero-order chi connectivity index (χ0) is 16.4. The van der Waals surface area contributed by atoms with Crippen LogP contribution >= 0.6 is 0 Å². The third kappa shape index (κ3) is 3.49. The standard InChI is InChI=1S/C18H22FN3O2/c19-15-6-1-4-13(10-15)17-20-18(24-21-17)14-5-2-8-22(11-14)12-16-7-3-9-23-16/h1,4,6,10,14,16H,2-3,5,7-9,11-12H2/t14-,16+/m0/s1. The van der Waals surface area contributed by atoms with Crippen LogP contribution in [0.25, 0.3) is 11.4 Å². The lowest BCUT2D eigenvalue weighted by atomic mass is 9.97. The number of benzene rings is 1. The third-order valence-corrected chi connectivity index (χ3v) is 4.87. The van der Waals surface area contributed by atoms with E-state index in [0.717, 1.165) is 45.5 Å². The number of aromatic nitrogens is 2. The van der Waals surface area contributed by atoms with Crippen molar-refractivity contribution in [3.05, 3.63) is 36.0 Å². The zero-order valence-electron chi connectivity index (χ0n) is 13.7. The molecule has 0 unspecified atom stereocenters. The SMILES string of the molecule is Fc1cccc(-c2noc([C@H]3CCCN(C[C@H]4CCCO4)C3)n2)c1. The van der Waals surface area contributed by atoms with Crippen LogP contribution in [0.5, 0.6) is 0 Å². The van der Waals surface area contributed by atoms with Crippen molar-refractivity contribution < 1.29 is 13.7 Å². The highest BCUT2D eigenvalue weighted by molar-refractivity contribution is 5.53. The fourth-order valence-corrected chi connectivity index (χ4v) is 3.65. The molecule has 2 fully saturated rings. The number of piperidine rings is 1. The van der Waals surface area contributed by atoms with E-state index < -0.39 is 0 Å². The van der Waals surface area contributed by atoms with Crippen LogP contribution in [0.3, 0.4) is 0 Å². The maximum atomic E-state index is 13.4. The number of nitrogens with zero attached hydrogens (tertiary/aromatic N) is 3. The fourth-order valence-electron chi connectivity index (χ4n) is 3.65. The number of likely N-dealkylation sites (tertiary alicyclic amines) is 1. The molecule has 2 atom stereocenters. The highest BCUT2D eigenvalue weighted by Gasteiger charge is 2.28. The molecule has 0 spiro atoms. The van der Waals surface area contributed by atoms with E-state index in [1.54, 1.807) is 12.1 Å². The molecule has 0 amide bonds. The summed E-state index contributed by atoms with van der Waals surface area (Å²) in [7, 11) is 0. The van der Waals surface area contributed by atoms with Crippen LogP contribution in [0, 0.1) is 5.82 Å². The molecular weight excluding hydrogens is 309 g/mol. The molecule has 128 valence electrons. The van der Waals surface area contributed by atoms with Gasteiger partial charge in [0, 0.05) is 25.3 Å². The van der Waals surface area contributed by atoms with Crippen LogP contribution in [0.2, 0.25) is 0 Å². The quantitative estimate of drug-likeness (QED) is 0.861. The first-order valence-electron chi connectivity index (χ1n) is 8.71. The molecular formula is C18H22FN3O2. The summed E-state index contributed by atoms with van der Waals surface area (Å²) in [6.07, 6.45) is 4.87. The lowest BCUT2D eigenvalue weighted by Gasteiger charge is -2.32. The minimum Gasteiger partial charge on any atom is -0.377 e. The Balaban J connectivity index is 1.43. The summed E-state index contributed by atoms with van der Waals surface area (Å²) in [4.78, 5) is 6.95. The predicted molar refractivity (Wildman–Crippen MR) is 87.1 cm³/mol. The van der Waals surface area contributed by atoms with E-state index in [-0.39, 0.29) is 11.7 Å². The predicted octanol–water partition coefficient (Wildman–Crippen LogP) is 3.23. The Morgan fingerprint density at radius 1 is 1.25 bits per heavy atom. The molecule has 1 aromatic carbocycles. The summed E-state index contributed by atoms with van der Waals surface area (Å²) in [5.74, 6) is 1.07. The van der Waals surface area contributed by atoms with Gasteiger partial charge in [-0.1, -0.05) is 17.3 Å². The molecule has 6 heteroatoms. The van der Waals surface area contributed by atoms with Crippen molar-refractivity contribution in [1.29, 1.82) is 0 Å². The van der Waals surface area contributed by atoms with Crippen molar-refractivity contribution in [3.63, 3.8) is 0 Å². The molecule has 0 bridgehead atoms. The Morgan fingerprint density at radius 3 is 3.04 bits per heavy atom. The lowest BCUT2D eigenvalue weighted by molar-refractivity contribution is 0.0609. The first kappa shape index (κ1) is 15.7. The lowest BCUT2D eigenvalue weighted by Crippen LogP contribution is -2.39. The van der Waals surface area contributed by atoms with E-state index in [0.29, 0.717) is 23.4 Å². The first-order chi connectivity index (χ1) is 11.8. The largest absolute Gasteiger partial charge is 0.377 e. The summed E-state index contributed by atoms with van der Waals surface area (Å²) in [6, 6.07) is 6.29. The summed E-state index contributed by atoms with van der Waals surface area (Å²) >= 11 is 0. The maximum absolute atomic E-state index is 13.4. The monoisotopic (exact) mass is 331 g/mol. The van der Waals surface area contributed by atoms with E-state index in [1.165, 1.54) is 18.6 Å². The molecule has 2 aliphatic rings. The van der Waals surface area contributed by atoms with Crippen LogP contribution in [-0.4, -0.2) is 47.4 Å². The van der Waals surface area contributed by atoms with E-state index in [1.807, 2.05) is 0 Å². The van der Waals surface area contributed by atoms with Crippen LogP contribution in [0.15, 0.2) is 28.8 Å². The average Bonchev–Trinajstić information content (AvgIpc) is 3.27. The van der Waals surface area contributed by atoms with Gasteiger partial charge in [-0.2, -0.15) is 4.98 Å². The minimum atomic E-state index is -0.292. The molecule has 0 aliphatic carbocycles. The second kappa shape index (κ2) is 6.99. The van der Waals surface area contributed by atoms with Crippen molar-refractivity contribution in [2.45, 2.75) is 37.7 Å². The summed E-state index contributed by atoms with van der Waals surface area (Å²) in [5, 5.41) is 4.04. The number of rotatable bonds is 4. The van der Waals surface area contributed by atoms with Crippen LogP contribution in [-0.2, 0) is 4.74 Å². The fraction of sp³-hybridized carbons (Fsp3) is 0.556. The summed E-state index contributed by atoms with van der Waals surface area (Å²) in [5.41, 5.74) is 0.650. The molecule has 2 aromatic rings. The van der Waals surface area contributed by atoms with Crippen LogP contribution in [0.1, 0.15) is 37.5 Å². The van der Waals surface area contributed by atoms with Gasteiger partial charge < -0.3 is 9.26 Å². The second-order valence-electron chi connectivity index (χ2n) is 6.70. The smallest absolute Gasteiger partial charge is 0.231 e. The Morgan fingerprint density at radius 2 is 2.21 bits per heavy atom. The molecule has 4 rings (SSSR count). The molecule has 0 saturated carbocycles. The van der Waals surface area contributed by atoms with E-state index in [4.69, 9.17) is 9.26 Å². The maximum Gasteiger partial charge on any atom is 0.231 e. The van der Waals surface area contributed by atoms with Crippen LogP contribution in [0.4, 0.5) is 4.39 Å². The van der Waals surface area contributed by atoms with Gasteiger partial charge in [-0.3, -0.25) is 4.90 Å². The normalized spacial score (nSPS) is 25.2. The van der Waals surface area contributed by atoms with Gasteiger partial charge in [-0.25, -0.2) is 4.39 Å². The third-order valence-electron chi connectivity index (χ3n) is 4.87. The Kier molecular flexibility index (Phi) is 4.58. The van der Waals surface area contributed by atoms with Gasteiger partial charge in [0.2, 0.25) is 11.7 Å². The van der Waals surface area contributed by atoms with Gasteiger partial charge in [0.1, 0.15) is 5.82 Å². The van der Waals surface area contributed by atoms with Crippen molar-refractivity contribution >= 4 is 0 Å². The van der Waals surface area contributed by atoms with Crippen molar-refractivity contribution in [3.8, 4) is 11.4 Å². The molecule has 0 N–H and O–H groups in total. The molecule has 1 aromatic heterocycles. The van der Waals surface area contributed by atoms with Gasteiger partial charge in [0.25, 0.3) is 0 Å². The van der Waals surface area contributed by atoms with Crippen molar-refractivity contribution in [2.24, 2.45) is 0 Å². The first-order valence-corrected chi connectivity index (χ1v) is 8.71. The molecule has 2 aliphatic heterocycles. The average molecular weight is 331 g/mol. The molecule has 3 heterocycles. The topological polar surface area (TPSA) is 51.4 Å². The van der Waals surface area contributed by atoms with E-state index in [9.17, 15) is 4.39 Å². The number of halogens is 1. The van der Waals surface area contributed by atoms with Crippen molar-refractivity contribution in [2.75, 3.05) is 26.2 Å². The van der Waals surface area contributed by atoms with Crippen molar-refractivity contribution in [1.82, 2.24) is 15.0 Å². The molecule has 0 radical (unpaired) electrons. The molecule has 5 nitrogen and oxygen atoms in total. The van der Waals surface area contributed by atoms with Gasteiger partial charge in [-0.15, -0.1) is 0 Å². The number of hydrogen-bond donors (Lipinski definition) is 0. The highest BCUT2D eigenvalue weighted by Crippen LogP contribution is 2.28. The molecule has 2 saturated heterocycles. The number of ether oxygens (including phenoxy) is 1. The summed E-state index contributed by atoms with van der Waals surface area (Å²) in [6.45, 7) is 3.90. The Hall–Kier alpha value is -1.79. The van der Waals surface area contributed by atoms with Gasteiger partial charge >= 0.3 is 0 Å². The second-order valence-corrected chi connectivity index (χ2v) is 6.70. The van der Waals surface area contributed by atoms with E-state index in [2.05, 4.69) is 15.0 Å². The van der Waals surface area contributed by atoms with Crippen LogP contribution < -0.4 is 0 Å². The highest BCUT2D eigenvalue weighted by atomic mass is 19.1. The zero-order valence-corrected chi connectivity index (χ0v) is 13.7. The van der Waals surface area contributed by atoms with E-state index >= 15 is 0 Å². The Labute approximate surface area is 140 Å². The summed E-state index contributed by atoms with van der Waals surface area (Å²) < 4.78 is 24.6. The van der Waals surface area contributed by atoms with Gasteiger partial charge in [-0.05, 0) is 44.4 Å². The minimum absolute atomic E-state index is 0.245. The van der Waals surface area contributed by atoms with Gasteiger partial charge in [0.05, 0.1) is 12.0 Å². The van der Waals surface area contributed by atoms with Gasteiger partial charge in [0.15, 0.2) is 0 Å². The Bertz CT molecular complexity index is 684.